The van der Waals surface area contributed by atoms with Gasteiger partial charge in [-0.15, -0.1) is 0 Å². The molecule has 0 bridgehead atoms. The van der Waals surface area contributed by atoms with Crippen LogP contribution in [0.25, 0.3) is 0 Å². The van der Waals surface area contributed by atoms with Crippen molar-refractivity contribution < 1.29 is 34.7 Å². The van der Waals surface area contributed by atoms with Crippen molar-refractivity contribution in [2.24, 2.45) is 0 Å². The van der Waals surface area contributed by atoms with Crippen molar-refractivity contribution in [1.82, 2.24) is 0 Å². The highest BCUT2D eigenvalue weighted by Gasteiger charge is 2.31. The Labute approximate surface area is 256 Å². The van der Waals surface area contributed by atoms with E-state index in [1.54, 1.807) is 6.08 Å². The third-order valence-corrected chi connectivity index (χ3v) is 9.14. The van der Waals surface area contributed by atoms with Crippen LogP contribution in [-0.2, 0) is 14.3 Å². The Morgan fingerprint density at radius 2 is 1.31 bits per heavy atom. The summed E-state index contributed by atoms with van der Waals surface area (Å²) in [4.78, 5) is 11.7. The van der Waals surface area contributed by atoms with Crippen LogP contribution in [0.15, 0.2) is 11.6 Å². The predicted octanol–water partition coefficient (Wildman–Crippen LogP) is 7.06. The first-order valence-corrected chi connectivity index (χ1v) is 17.6. The monoisotopic (exact) mass is 596 g/mol. The molecule has 1 saturated heterocycles. The van der Waals surface area contributed by atoms with Crippen molar-refractivity contribution in [2.45, 2.75) is 204 Å². The number of ether oxygens (including phenoxy) is 2. The Morgan fingerprint density at radius 1 is 0.738 bits per heavy atom. The number of aliphatic hydroxyl groups excluding tert-OH is 4. The molecule has 7 nitrogen and oxygen atoms in total. The summed E-state index contributed by atoms with van der Waals surface area (Å²) in [6, 6.07) is 0. The molecule has 246 valence electrons. The lowest BCUT2D eigenvalue weighted by molar-refractivity contribution is -0.139. The van der Waals surface area contributed by atoms with E-state index in [9.17, 15) is 25.2 Å². The fourth-order valence-electron chi connectivity index (χ4n) is 6.40. The lowest BCUT2D eigenvalue weighted by atomic mass is 9.97. The molecule has 7 heteroatoms. The highest BCUT2D eigenvalue weighted by atomic mass is 16.5. The molecule has 2 heterocycles. The molecule has 2 aliphatic heterocycles. The first-order valence-electron chi connectivity index (χ1n) is 17.6. The van der Waals surface area contributed by atoms with Crippen molar-refractivity contribution in [3.05, 3.63) is 11.6 Å². The summed E-state index contributed by atoms with van der Waals surface area (Å²) in [5, 5.41) is 41.6. The van der Waals surface area contributed by atoms with Crippen LogP contribution < -0.4 is 0 Å². The normalized spacial score (nSPS) is 23.5. The maximum Gasteiger partial charge on any atom is 0.334 e. The summed E-state index contributed by atoms with van der Waals surface area (Å²) >= 11 is 0. The van der Waals surface area contributed by atoms with Gasteiger partial charge in [0.05, 0.1) is 36.6 Å². The third kappa shape index (κ3) is 16.2. The van der Waals surface area contributed by atoms with E-state index in [-0.39, 0.29) is 24.3 Å². The molecule has 42 heavy (non-hydrogen) atoms. The van der Waals surface area contributed by atoms with Gasteiger partial charge < -0.3 is 29.9 Å². The van der Waals surface area contributed by atoms with E-state index in [4.69, 9.17) is 9.47 Å². The first-order chi connectivity index (χ1) is 20.3. The number of hydrogen-bond donors (Lipinski definition) is 4. The molecular formula is C35H64O7. The zero-order chi connectivity index (χ0) is 30.6. The molecule has 2 aliphatic rings. The maximum absolute atomic E-state index is 11.7. The van der Waals surface area contributed by atoms with Crippen LogP contribution in [0.2, 0.25) is 0 Å². The SMILES string of the molecule is CCCCCCCCCCCCCCC(O)C(O)CC[C@@H](O)[C@H]1CC[C@H](CCCCCC(O)CC2=CC(C)OC2=O)O1. The van der Waals surface area contributed by atoms with Gasteiger partial charge in [0, 0.05) is 12.0 Å². The summed E-state index contributed by atoms with van der Waals surface area (Å²) in [7, 11) is 0. The second-order valence-corrected chi connectivity index (χ2v) is 13.1. The minimum atomic E-state index is -0.793. The number of carbonyl (C=O) groups is 1. The van der Waals surface area contributed by atoms with Crippen LogP contribution in [0.5, 0.6) is 0 Å². The Balaban J connectivity index is 1.43. The second-order valence-electron chi connectivity index (χ2n) is 13.1. The Hall–Kier alpha value is -0.990. The first kappa shape index (κ1) is 37.2. The van der Waals surface area contributed by atoms with E-state index < -0.39 is 24.4 Å². The fourth-order valence-corrected chi connectivity index (χ4v) is 6.40. The molecule has 0 spiro atoms. The standard InChI is InChI=1S/C35H64O7/c1-3-4-5-6-7-8-9-10-11-12-13-17-20-31(37)32(38)22-23-33(39)34-24-21-30(42-34)19-16-14-15-18-29(36)26-28-25-27(2)41-35(28)40/h25,27,29-34,36-39H,3-24,26H2,1-2H3/t27?,29?,30-,31?,32?,33+,34+/m0/s1. The molecule has 4 N–H and O–H groups in total. The second kappa shape index (κ2) is 22.5. The smallest absolute Gasteiger partial charge is 0.334 e. The molecule has 0 aromatic rings. The van der Waals surface area contributed by atoms with E-state index in [0.717, 1.165) is 51.4 Å². The number of unbranched alkanes of at least 4 members (excludes halogenated alkanes) is 13. The largest absolute Gasteiger partial charge is 0.455 e. The highest BCUT2D eigenvalue weighted by molar-refractivity contribution is 5.90. The molecule has 2 rings (SSSR count). The molecule has 0 radical (unpaired) electrons. The van der Waals surface area contributed by atoms with Crippen LogP contribution in [0.1, 0.15) is 162 Å². The number of hydrogen-bond acceptors (Lipinski definition) is 7. The molecular weight excluding hydrogens is 532 g/mol. The molecule has 0 aromatic carbocycles. The Morgan fingerprint density at radius 3 is 1.93 bits per heavy atom. The number of carbonyl (C=O) groups excluding carboxylic acids is 1. The Kier molecular flexibility index (Phi) is 19.9. The molecule has 0 aliphatic carbocycles. The van der Waals surface area contributed by atoms with Crippen LogP contribution in [0.3, 0.4) is 0 Å². The van der Waals surface area contributed by atoms with Crippen molar-refractivity contribution in [1.29, 1.82) is 0 Å². The van der Waals surface area contributed by atoms with Crippen LogP contribution in [0, 0.1) is 0 Å². The maximum atomic E-state index is 11.7. The lowest BCUT2D eigenvalue weighted by Crippen LogP contribution is -2.31. The van der Waals surface area contributed by atoms with Gasteiger partial charge in [-0.05, 0) is 57.9 Å². The van der Waals surface area contributed by atoms with Crippen LogP contribution in [-0.4, -0.2) is 69.1 Å². The van der Waals surface area contributed by atoms with Crippen LogP contribution >= 0.6 is 0 Å². The average molecular weight is 597 g/mol. The van der Waals surface area contributed by atoms with Gasteiger partial charge in [-0.2, -0.15) is 0 Å². The minimum Gasteiger partial charge on any atom is -0.455 e. The number of aliphatic hydroxyl groups is 4. The fraction of sp³-hybridized carbons (Fsp3) is 0.914. The molecule has 4 unspecified atom stereocenters. The van der Waals surface area contributed by atoms with Crippen molar-refractivity contribution >= 4 is 5.97 Å². The van der Waals surface area contributed by atoms with E-state index in [0.29, 0.717) is 37.7 Å². The summed E-state index contributed by atoms with van der Waals surface area (Å²) in [6.07, 6.45) is 22.3. The predicted molar refractivity (Wildman–Crippen MR) is 168 cm³/mol. The number of esters is 1. The zero-order valence-corrected chi connectivity index (χ0v) is 26.9. The average Bonchev–Trinajstić information content (AvgIpc) is 3.57. The molecule has 0 aromatic heterocycles. The van der Waals surface area contributed by atoms with Gasteiger partial charge >= 0.3 is 5.97 Å². The highest BCUT2D eigenvalue weighted by Crippen LogP contribution is 2.28. The van der Waals surface area contributed by atoms with Gasteiger partial charge in [-0.3, -0.25) is 0 Å². The van der Waals surface area contributed by atoms with Gasteiger partial charge in [0.1, 0.15) is 6.10 Å². The van der Waals surface area contributed by atoms with Crippen molar-refractivity contribution in [2.75, 3.05) is 0 Å². The summed E-state index contributed by atoms with van der Waals surface area (Å²) < 4.78 is 11.2. The molecule has 0 saturated carbocycles. The summed E-state index contributed by atoms with van der Waals surface area (Å²) in [5.74, 6) is -0.308. The topological polar surface area (TPSA) is 116 Å². The van der Waals surface area contributed by atoms with E-state index in [2.05, 4.69) is 6.92 Å². The minimum absolute atomic E-state index is 0.149. The molecule has 0 amide bonds. The Bertz CT molecular complexity index is 726. The van der Waals surface area contributed by atoms with Gasteiger partial charge in [-0.25, -0.2) is 4.79 Å². The zero-order valence-electron chi connectivity index (χ0n) is 26.9. The number of rotatable bonds is 26. The van der Waals surface area contributed by atoms with Crippen LogP contribution in [0.4, 0.5) is 0 Å². The third-order valence-electron chi connectivity index (χ3n) is 9.14. The number of cyclic esters (lactones) is 1. The van der Waals surface area contributed by atoms with E-state index in [1.165, 1.54) is 64.2 Å². The van der Waals surface area contributed by atoms with E-state index >= 15 is 0 Å². The molecule has 1 fully saturated rings. The van der Waals surface area contributed by atoms with E-state index in [1.807, 2.05) is 6.92 Å². The lowest BCUT2D eigenvalue weighted by Gasteiger charge is -2.22. The quantitative estimate of drug-likeness (QED) is 0.0624. The summed E-state index contributed by atoms with van der Waals surface area (Å²) in [5.41, 5.74) is 0.584. The molecule has 7 atom stereocenters. The van der Waals surface area contributed by atoms with Gasteiger partial charge in [0.2, 0.25) is 0 Å². The van der Waals surface area contributed by atoms with Gasteiger partial charge in [0.25, 0.3) is 0 Å². The van der Waals surface area contributed by atoms with Crippen molar-refractivity contribution in [3.63, 3.8) is 0 Å². The van der Waals surface area contributed by atoms with Crippen molar-refractivity contribution in [3.8, 4) is 0 Å². The summed E-state index contributed by atoms with van der Waals surface area (Å²) in [6.45, 7) is 4.08. The van der Waals surface area contributed by atoms with Gasteiger partial charge in [-0.1, -0.05) is 103 Å². The van der Waals surface area contributed by atoms with Gasteiger partial charge in [0.15, 0.2) is 0 Å².